The van der Waals surface area contributed by atoms with E-state index in [-0.39, 0.29) is 10.8 Å². The smallest absolute Gasteiger partial charge is 0.209 e. The molecule has 6 heteroatoms. The van der Waals surface area contributed by atoms with Gasteiger partial charge in [-0.1, -0.05) is 0 Å². The minimum Gasteiger partial charge on any atom is -0.303 e. The Morgan fingerprint density at radius 2 is 2.15 bits per heavy atom. The van der Waals surface area contributed by atoms with Crippen molar-refractivity contribution < 1.29 is 13.2 Å². The van der Waals surface area contributed by atoms with Gasteiger partial charge in [0.2, 0.25) is 14.2 Å². The number of carbonyl (C=O) groups is 1. The van der Waals surface area contributed by atoms with Gasteiger partial charge in [-0.25, -0.2) is 13.4 Å². The highest BCUT2D eigenvalue weighted by Gasteiger charge is 2.15. The summed E-state index contributed by atoms with van der Waals surface area (Å²) >= 11 is 1.06. The summed E-state index contributed by atoms with van der Waals surface area (Å²) in [6.07, 6.45) is 2.08. The standard InChI is InChI=1S/C7H9NO3S2/c1-5-6(3-4-9)12-7(8-5)13(2,10)11/h4H,3H2,1-2H3. The van der Waals surface area contributed by atoms with Crippen LogP contribution in [0.15, 0.2) is 4.34 Å². The van der Waals surface area contributed by atoms with Crippen LogP contribution < -0.4 is 0 Å². The monoisotopic (exact) mass is 219 g/mol. The summed E-state index contributed by atoms with van der Waals surface area (Å²) in [5.74, 6) is 0. The summed E-state index contributed by atoms with van der Waals surface area (Å²) in [5.41, 5.74) is 0.623. The lowest BCUT2D eigenvalue weighted by atomic mass is 10.3. The number of aromatic nitrogens is 1. The van der Waals surface area contributed by atoms with Crippen LogP contribution in [0.5, 0.6) is 0 Å². The molecule has 0 saturated carbocycles. The van der Waals surface area contributed by atoms with Crippen LogP contribution in [0.3, 0.4) is 0 Å². The molecule has 0 saturated heterocycles. The average Bonchev–Trinajstić information content (AvgIpc) is 2.32. The van der Waals surface area contributed by atoms with Gasteiger partial charge in [0.25, 0.3) is 0 Å². The number of aldehydes is 1. The van der Waals surface area contributed by atoms with Crippen LogP contribution >= 0.6 is 11.3 Å². The third-order valence-electron chi connectivity index (χ3n) is 1.46. The molecule has 0 atom stereocenters. The van der Waals surface area contributed by atoms with Crippen molar-refractivity contribution >= 4 is 27.5 Å². The van der Waals surface area contributed by atoms with Crippen molar-refractivity contribution in [3.05, 3.63) is 10.6 Å². The predicted octanol–water partition coefficient (Wildman–Crippen LogP) is 0.596. The Morgan fingerprint density at radius 1 is 1.54 bits per heavy atom. The lowest BCUT2D eigenvalue weighted by Gasteiger charge is -1.86. The molecule has 72 valence electrons. The average molecular weight is 219 g/mol. The second-order valence-electron chi connectivity index (χ2n) is 2.63. The first kappa shape index (κ1) is 10.3. The molecular weight excluding hydrogens is 210 g/mol. The van der Waals surface area contributed by atoms with E-state index in [1.165, 1.54) is 0 Å². The van der Waals surface area contributed by atoms with Crippen molar-refractivity contribution in [3.63, 3.8) is 0 Å². The number of sulfone groups is 1. The van der Waals surface area contributed by atoms with Gasteiger partial charge >= 0.3 is 0 Å². The molecule has 0 unspecified atom stereocenters. The minimum atomic E-state index is -3.23. The summed E-state index contributed by atoms with van der Waals surface area (Å²) in [7, 11) is -3.23. The summed E-state index contributed by atoms with van der Waals surface area (Å²) < 4.78 is 22.2. The fourth-order valence-electron chi connectivity index (χ4n) is 0.825. The number of hydrogen-bond acceptors (Lipinski definition) is 5. The molecule has 13 heavy (non-hydrogen) atoms. The SMILES string of the molecule is Cc1nc(S(C)(=O)=O)sc1CC=O. The number of nitrogens with zero attached hydrogens (tertiary/aromatic N) is 1. The summed E-state index contributed by atoms with van der Waals surface area (Å²) in [4.78, 5) is 14.8. The van der Waals surface area contributed by atoms with E-state index in [0.29, 0.717) is 5.69 Å². The van der Waals surface area contributed by atoms with Gasteiger partial charge in [0.15, 0.2) is 0 Å². The van der Waals surface area contributed by atoms with Gasteiger partial charge in [0.1, 0.15) is 6.29 Å². The highest BCUT2D eigenvalue weighted by Crippen LogP contribution is 2.21. The first-order valence-electron chi connectivity index (χ1n) is 3.55. The number of hydrogen-bond donors (Lipinski definition) is 0. The third-order valence-corrected chi connectivity index (χ3v) is 4.32. The molecule has 1 rings (SSSR count). The molecule has 0 N–H and O–H groups in total. The zero-order chi connectivity index (χ0) is 10.1. The number of carbonyl (C=O) groups excluding carboxylic acids is 1. The highest BCUT2D eigenvalue weighted by molar-refractivity contribution is 7.92. The van der Waals surface area contributed by atoms with Crippen molar-refractivity contribution in [3.8, 4) is 0 Å². The van der Waals surface area contributed by atoms with Gasteiger partial charge in [0, 0.05) is 17.6 Å². The zero-order valence-corrected chi connectivity index (χ0v) is 8.91. The lowest BCUT2D eigenvalue weighted by molar-refractivity contribution is -0.107. The Kier molecular flexibility index (Phi) is 2.82. The lowest BCUT2D eigenvalue weighted by Crippen LogP contribution is -1.95. The van der Waals surface area contributed by atoms with Crippen LogP contribution in [0, 0.1) is 6.92 Å². The van der Waals surface area contributed by atoms with Crippen molar-refractivity contribution in [1.82, 2.24) is 4.98 Å². The molecule has 0 aromatic carbocycles. The van der Waals surface area contributed by atoms with Gasteiger partial charge in [-0.2, -0.15) is 0 Å². The Bertz CT molecular complexity index is 419. The Morgan fingerprint density at radius 3 is 2.54 bits per heavy atom. The molecule has 0 aliphatic rings. The van der Waals surface area contributed by atoms with Crippen LogP contribution in [0.1, 0.15) is 10.6 Å². The molecule has 1 heterocycles. The van der Waals surface area contributed by atoms with E-state index in [2.05, 4.69) is 4.98 Å². The van der Waals surface area contributed by atoms with Crippen molar-refractivity contribution in [1.29, 1.82) is 0 Å². The largest absolute Gasteiger partial charge is 0.303 e. The molecule has 0 aliphatic carbocycles. The van der Waals surface area contributed by atoms with Crippen LogP contribution in [-0.4, -0.2) is 25.9 Å². The molecule has 0 bridgehead atoms. The van der Waals surface area contributed by atoms with Gasteiger partial charge in [-0.05, 0) is 6.92 Å². The summed E-state index contributed by atoms with van der Waals surface area (Å²) in [6, 6.07) is 0. The maximum absolute atomic E-state index is 11.1. The number of aryl methyl sites for hydroxylation is 1. The Balaban J connectivity index is 3.16. The van der Waals surface area contributed by atoms with Gasteiger partial charge < -0.3 is 4.79 Å². The Labute approximate surface area is 80.5 Å². The van der Waals surface area contributed by atoms with Crippen molar-refractivity contribution in [2.24, 2.45) is 0 Å². The van der Waals surface area contributed by atoms with Crippen molar-refractivity contribution in [2.75, 3.05) is 6.26 Å². The minimum absolute atomic E-state index is 0.0850. The first-order chi connectivity index (χ1) is 5.95. The summed E-state index contributed by atoms with van der Waals surface area (Å²) in [6.45, 7) is 1.70. The van der Waals surface area contributed by atoms with Crippen molar-refractivity contribution in [2.45, 2.75) is 17.7 Å². The van der Waals surface area contributed by atoms with Crippen LogP contribution in [0.2, 0.25) is 0 Å². The molecule has 0 aliphatic heterocycles. The third kappa shape index (κ3) is 2.35. The zero-order valence-electron chi connectivity index (χ0n) is 7.27. The second kappa shape index (κ2) is 3.55. The molecule has 1 aromatic rings. The van der Waals surface area contributed by atoms with Crippen LogP contribution in [0.25, 0.3) is 0 Å². The molecule has 0 fully saturated rings. The van der Waals surface area contributed by atoms with E-state index >= 15 is 0 Å². The fraction of sp³-hybridized carbons (Fsp3) is 0.429. The molecule has 4 nitrogen and oxygen atoms in total. The molecule has 0 radical (unpaired) electrons. The highest BCUT2D eigenvalue weighted by atomic mass is 32.2. The van der Waals surface area contributed by atoms with E-state index in [1.54, 1.807) is 6.92 Å². The van der Waals surface area contributed by atoms with Gasteiger partial charge in [0.05, 0.1) is 5.69 Å². The summed E-state index contributed by atoms with van der Waals surface area (Å²) in [5, 5.41) is 0. The fourth-order valence-corrected chi connectivity index (χ4v) is 2.77. The first-order valence-corrected chi connectivity index (χ1v) is 6.26. The van der Waals surface area contributed by atoms with E-state index in [0.717, 1.165) is 28.8 Å². The Hall–Kier alpha value is -0.750. The molecule has 1 aromatic heterocycles. The maximum atomic E-state index is 11.1. The van der Waals surface area contributed by atoms with E-state index < -0.39 is 9.84 Å². The van der Waals surface area contributed by atoms with E-state index in [9.17, 15) is 13.2 Å². The van der Waals surface area contributed by atoms with Crippen LogP contribution in [-0.2, 0) is 21.1 Å². The quantitative estimate of drug-likeness (QED) is 0.698. The number of thiazole rings is 1. The normalized spacial score (nSPS) is 11.5. The van der Waals surface area contributed by atoms with Gasteiger partial charge in [-0.3, -0.25) is 0 Å². The predicted molar refractivity (Wildman–Crippen MR) is 49.7 cm³/mol. The van der Waals surface area contributed by atoms with E-state index in [1.807, 2.05) is 0 Å². The number of rotatable bonds is 3. The van der Waals surface area contributed by atoms with Gasteiger partial charge in [-0.15, -0.1) is 11.3 Å². The second-order valence-corrected chi connectivity index (χ2v) is 5.90. The molecule has 0 spiro atoms. The van der Waals surface area contributed by atoms with Crippen LogP contribution in [0.4, 0.5) is 0 Å². The maximum Gasteiger partial charge on any atom is 0.209 e. The molecule has 0 amide bonds. The molecular formula is C7H9NO3S2. The van der Waals surface area contributed by atoms with E-state index in [4.69, 9.17) is 0 Å². The topological polar surface area (TPSA) is 64.1 Å².